The molecule has 88 valence electrons. The predicted molar refractivity (Wildman–Crippen MR) is 70.1 cm³/mol. The van der Waals surface area contributed by atoms with Gasteiger partial charge in [-0.25, -0.2) is 9.78 Å². The molecule has 0 unspecified atom stereocenters. The number of rotatable bonds is 4. The third-order valence-corrected chi connectivity index (χ3v) is 4.47. The molecule has 0 bridgehead atoms. The van der Waals surface area contributed by atoms with Gasteiger partial charge in [-0.2, -0.15) is 0 Å². The Hall–Kier alpha value is -1.04. The van der Waals surface area contributed by atoms with Gasteiger partial charge >= 0.3 is 5.97 Å². The molecule has 0 saturated heterocycles. The summed E-state index contributed by atoms with van der Waals surface area (Å²) >= 11 is 8.60. The monoisotopic (exact) mass is 285 g/mol. The van der Waals surface area contributed by atoms with E-state index in [1.807, 2.05) is 24.3 Å². The van der Waals surface area contributed by atoms with E-state index in [1.165, 1.54) is 23.1 Å². The Morgan fingerprint density at radius 2 is 2.12 bits per heavy atom. The molecule has 0 aliphatic carbocycles. The SMILES string of the molecule is O=C(O)c1ncsc1SCc1ccc(Cl)cc1. The van der Waals surface area contributed by atoms with Crippen molar-refractivity contribution in [1.82, 2.24) is 4.98 Å². The second-order valence-electron chi connectivity index (χ2n) is 3.21. The minimum absolute atomic E-state index is 0.133. The van der Waals surface area contributed by atoms with Crippen molar-refractivity contribution in [2.24, 2.45) is 0 Å². The van der Waals surface area contributed by atoms with Crippen LogP contribution < -0.4 is 0 Å². The molecule has 2 rings (SSSR count). The number of aromatic nitrogens is 1. The van der Waals surface area contributed by atoms with E-state index in [0.29, 0.717) is 10.8 Å². The second kappa shape index (κ2) is 5.53. The van der Waals surface area contributed by atoms with Gasteiger partial charge in [-0.1, -0.05) is 23.7 Å². The van der Waals surface area contributed by atoms with E-state index in [9.17, 15) is 4.79 Å². The van der Waals surface area contributed by atoms with E-state index < -0.39 is 5.97 Å². The third kappa shape index (κ3) is 3.21. The van der Waals surface area contributed by atoms with Crippen LogP contribution in [0, 0.1) is 0 Å². The number of carbonyl (C=O) groups is 1. The summed E-state index contributed by atoms with van der Waals surface area (Å²) in [4.78, 5) is 14.7. The molecule has 6 heteroatoms. The predicted octanol–water partition coefficient (Wildman–Crippen LogP) is 3.79. The number of hydrogen-bond acceptors (Lipinski definition) is 4. The first-order valence-corrected chi connectivity index (χ1v) is 6.95. The van der Waals surface area contributed by atoms with Crippen LogP contribution >= 0.6 is 34.7 Å². The minimum atomic E-state index is -0.982. The van der Waals surface area contributed by atoms with Crippen LogP contribution in [0.2, 0.25) is 5.02 Å². The maximum absolute atomic E-state index is 10.9. The quantitative estimate of drug-likeness (QED) is 0.869. The van der Waals surface area contributed by atoms with E-state index in [2.05, 4.69) is 4.98 Å². The molecule has 1 aromatic heterocycles. The summed E-state index contributed by atoms with van der Waals surface area (Å²) in [7, 11) is 0. The van der Waals surface area contributed by atoms with Crippen molar-refractivity contribution in [3.63, 3.8) is 0 Å². The van der Waals surface area contributed by atoms with Crippen molar-refractivity contribution in [3.05, 3.63) is 46.1 Å². The van der Waals surface area contributed by atoms with Crippen molar-refractivity contribution < 1.29 is 9.90 Å². The molecule has 0 atom stereocenters. The van der Waals surface area contributed by atoms with Gasteiger partial charge in [0.05, 0.1) is 9.72 Å². The van der Waals surface area contributed by atoms with Gasteiger partial charge < -0.3 is 5.11 Å². The van der Waals surface area contributed by atoms with Crippen molar-refractivity contribution in [2.45, 2.75) is 9.96 Å². The van der Waals surface area contributed by atoms with Crippen LogP contribution in [0.5, 0.6) is 0 Å². The molecule has 0 fully saturated rings. The Morgan fingerprint density at radius 1 is 1.41 bits per heavy atom. The lowest BCUT2D eigenvalue weighted by Crippen LogP contribution is -1.97. The Bertz CT molecular complexity index is 525. The molecule has 2 aromatic rings. The summed E-state index contributed by atoms with van der Waals surface area (Å²) in [5.74, 6) is -0.274. The van der Waals surface area contributed by atoms with Gasteiger partial charge in [0.1, 0.15) is 0 Å². The highest BCUT2D eigenvalue weighted by Crippen LogP contribution is 2.29. The Kier molecular flexibility index (Phi) is 4.04. The summed E-state index contributed by atoms with van der Waals surface area (Å²) in [6.45, 7) is 0. The van der Waals surface area contributed by atoms with Crippen molar-refractivity contribution in [2.75, 3.05) is 0 Å². The fraction of sp³-hybridized carbons (Fsp3) is 0.0909. The highest BCUT2D eigenvalue weighted by atomic mass is 35.5. The number of halogens is 1. The first kappa shape index (κ1) is 12.4. The normalized spacial score (nSPS) is 10.4. The zero-order chi connectivity index (χ0) is 12.3. The van der Waals surface area contributed by atoms with Gasteiger partial charge in [0.15, 0.2) is 5.69 Å². The molecule has 0 radical (unpaired) electrons. The summed E-state index contributed by atoms with van der Waals surface area (Å²) < 4.78 is 0.729. The van der Waals surface area contributed by atoms with E-state index in [4.69, 9.17) is 16.7 Å². The lowest BCUT2D eigenvalue weighted by molar-refractivity contribution is 0.0688. The summed E-state index contributed by atoms with van der Waals surface area (Å²) in [6.07, 6.45) is 0. The zero-order valence-corrected chi connectivity index (χ0v) is 11.0. The number of thiazole rings is 1. The Balaban J connectivity index is 2.05. The molecule has 0 amide bonds. The Labute approximate surface area is 111 Å². The summed E-state index contributed by atoms with van der Waals surface area (Å²) in [6, 6.07) is 7.50. The number of nitrogens with zero attached hydrogens (tertiary/aromatic N) is 1. The molecule has 0 spiro atoms. The number of hydrogen-bond donors (Lipinski definition) is 1. The zero-order valence-electron chi connectivity index (χ0n) is 8.59. The van der Waals surface area contributed by atoms with E-state index in [-0.39, 0.29) is 5.69 Å². The number of carboxylic acid groups (broad SMARTS) is 1. The van der Waals surface area contributed by atoms with Crippen molar-refractivity contribution in [3.8, 4) is 0 Å². The molecular weight excluding hydrogens is 278 g/mol. The standard InChI is InChI=1S/C11H8ClNO2S2/c12-8-3-1-7(2-4-8)5-16-11-9(10(14)15)13-6-17-11/h1-4,6H,5H2,(H,14,15). The maximum atomic E-state index is 10.9. The van der Waals surface area contributed by atoms with Gasteiger partial charge in [-0.3, -0.25) is 0 Å². The van der Waals surface area contributed by atoms with E-state index in [0.717, 1.165) is 9.77 Å². The number of benzene rings is 1. The van der Waals surface area contributed by atoms with Crippen molar-refractivity contribution >= 4 is 40.7 Å². The molecule has 0 aliphatic rings. The number of thioether (sulfide) groups is 1. The van der Waals surface area contributed by atoms with Gasteiger partial charge in [0, 0.05) is 10.8 Å². The van der Waals surface area contributed by atoms with Crippen LogP contribution in [0.15, 0.2) is 34.0 Å². The largest absolute Gasteiger partial charge is 0.476 e. The third-order valence-electron chi connectivity index (χ3n) is 2.02. The lowest BCUT2D eigenvalue weighted by atomic mass is 10.2. The maximum Gasteiger partial charge on any atom is 0.356 e. The van der Waals surface area contributed by atoms with Crippen LogP contribution in [-0.4, -0.2) is 16.1 Å². The van der Waals surface area contributed by atoms with Gasteiger partial charge in [0.2, 0.25) is 0 Å². The number of carboxylic acids is 1. The van der Waals surface area contributed by atoms with Crippen LogP contribution in [0.3, 0.4) is 0 Å². The van der Waals surface area contributed by atoms with Crippen LogP contribution in [0.4, 0.5) is 0 Å². The summed E-state index contributed by atoms with van der Waals surface area (Å²) in [5.41, 5.74) is 2.78. The van der Waals surface area contributed by atoms with E-state index >= 15 is 0 Å². The second-order valence-corrected chi connectivity index (χ2v) is 5.74. The molecular formula is C11H8ClNO2S2. The first-order chi connectivity index (χ1) is 8.16. The fourth-order valence-electron chi connectivity index (χ4n) is 1.21. The molecule has 0 saturated carbocycles. The highest BCUT2D eigenvalue weighted by molar-refractivity contribution is 8.00. The van der Waals surface area contributed by atoms with Gasteiger partial charge in [0.25, 0.3) is 0 Å². The van der Waals surface area contributed by atoms with Crippen molar-refractivity contribution in [1.29, 1.82) is 0 Å². The highest BCUT2D eigenvalue weighted by Gasteiger charge is 2.13. The van der Waals surface area contributed by atoms with Gasteiger partial charge in [-0.15, -0.1) is 23.1 Å². The van der Waals surface area contributed by atoms with Gasteiger partial charge in [-0.05, 0) is 17.7 Å². The molecule has 1 aromatic carbocycles. The first-order valence-electron chi connectivity index (χ1n) is 4.71. The Morgan fingerprint density at radius 3 is 2.76 bits per heavy atom. The minimum Gasteiger partial charge on any atom is -0.476 e. The number of aromatic carboxylic acids is 1. The van der Waals surface area contributed by atoms with Crippen LogP contribution in [0.1, 0.15) is 16.1 Å². The topological polar surface area (TPSA) is 50.2 Å². The lowest BCUT2D eigenvalue weighted by Gasteiger charge is -2.00. The molecule has 1 heterocycles. The molecule has 17 heavy (non-hydrogen) atoms. The molecule has 0 aliphatic heterocycles. The summed E-state index contributed by atoms with van der Waals surface area (Å²) in [5, 5.41) is 9.60. The van der Waals surface area contributed by atoms with Crippen LogP contribution in [-0.2, 0) is 5.75 Å². The average molecular weight is 286 g/mol. The smallest absolute Gasteiger partial charge is 0.356 e. The van der Waals surface area contributed by atoms with Crippen LogP contribution in [0.25, 0.3) is 0 Å². The average Bonchev–Trinajstić information content (AvgIpc) is 2.76. The molecule has 1 N–H and O–H groups in total. The fourth-order valence-corrected chi connectivity index (χ4v) is 3.19. The molecule has 3 nitrogen and oxygen atoms in total. The van der Waals surface area contributed by atoms with E-state index in [1.54, 1.807) is 5.51 Å².